The first-order valence-electron chi connectivity index (χ1n) is 11.9. The summed E-state index contributed by atoms with van der Waals surface area (Å²) in [6.07, 6.45) is 6.58. The van der Waals surface area contributed by atoms with Crippen LogP contribution >= 0.6 is 0 Å². The fourth-order valence-electron chi connectivity index (χ4n) is 5.02. The van der Waals surface area contributed by atoms with E-state index >= 15 is 0 Å². The highest BCUT2D eigenvalue weighted by Gasteiger charge is 2.24. The molecule has 1 atom stereocenters. The number of aryl methyl sites for hydroxylation is 1. The summed E-state index contributed by atoms with van der Waals surface area (Å²) in [5.74, 6) is 1.32. The summed E-state index contributed by atoms with van der Waals surface area (Å²) in [5.41, 5.74) is 3.59. The highest BCUT2D eigenvalue weighted by Crippen LogP contribution is 2.32. The zero-order valence-corrected chi connectivity index (χ0v) is 19.8. The van der Waals surface area contributed by atoms with Gasteiger partial charge in [0.1, 0.15) is 0 Å². The van der Waals surface area contributed by atoms with Crippen LogP contribution in [0.4, 0.5) is 0 Å². The quantitative estimate of drug-likeness (QED) is 0.366. The van der Waals surface area contributed by atoms with Crippen LogP contribution in [0.25, 0.3) is 21.7 Å². The maximum absolute atomic E-state index is 6.34. The fourth-order valence-corrected chi connectivity index (χ4v) is 5.02. The van der Waals surface area contributed by atoms with Crippen molar-refractivity contribution in [3.63, 3.8) is 0 Å². The van der Waals surface area contributed by atoms with Crippen LogP contribution in [0.5, 0.6) is 5.88 Å². The molecule has 1 unspecified atom stereocenters. The molecule has 5 heteroatoms. The van der Waals surface area contributed by atoms with Crippen molar-refractivity contribution in [2.45, 2.75) is 32.4 Å². The molecular weight excluding hydrogens is 410 g/mol. The SMILES string of the molecule is COCc1ccc(C(C)N2CCC(COc3nc4ccccc4c4cn(C)cc34)CC2)cc1. The smallest absolute Gasteiger partial charge is 0.223 e. The van der Waals surface area contributed by atoms with Gasteiger partial charge in [0.05, 0.1) is 24.1 Å². The fraction of sp³-hybridized carbons (Fsp3) is 0.393. The molecule has 1 aliphatic heterocycles. The molecule has 0 radical (unpaired) electrons. The molecule has 0 saturated carbocycles. The monoisotopic (exact) mass is 443 g/mol. The van der Waals surface area contributed by atoms with E-state index in [4.69, 9.17) is 14.5 Å². The second-order valence-electron chi connectivity index (χ2n) is 9.33. The highest BCUT2D eigenvalue weighted by molar-refractivity contribution is 6.07. The molecule has 3 heterocycles. The number of fused-ring (bicyclic) bond motifs is 3. The van der Waals surface area contributed by atoms with Gasteiger partial charge in [0.15, 0.2) is 0 Å². The zero-order chi connectivity index (χ0) is 22.8. The summed E-state index contributed by atoms with van der Waals surface area (Å²) in [6.45, 7) is 5.90. The van der Waals surface area contributed by atoms with Gasteiger partial charge in [0, 0.05) is 43.4 Å². The molecule has 0 spiro atoms. The summed E-state index contributed by atoms with van der Waals surface area (Å²) in [4.78, 5) is 7.44. The van der Waals surface area contributed by atoms with E-state index in [0.717, 1.165) is 49.3 Å². The van der Waals surface area contributed by atoms with Crippen molar-refractivity contribution in [1.29, 1.82) is 0 Å². The Morgan fingerprint density at radius 1 is 0.970 bits per heavy atom. The Morgan fingerprint density at radius 2 is 1.70 bits per heavy atom. The van der Waals surface area contributed by atoms with E-state index in [1.54, 1.807) is 7.11 Å². The largest absolute Gasteiger partial charge is 0.477 e. The third-order valence-electron chi connectivity index (χ3n) is 7.03. The summed E-state index contributed by atoms with van der Waals surface area (Å²) in [6, 6.07) is 17.6. The number of likely N-dealkylation sites (tertiary alicyclic amines) is 1. The molecule has 4 aromatic rings. The minimum Gasteiger partial charge on any atom is -0.477 e. The average Bonchev–Trinajstić information content (AvgIpc) is 3.25. The lowest BCUT2D eigenvalue weighted by atomic mass is 9.95. The van der Waals surface area contributed by atoms with Crippen molar-refractivity contribution in [2.24, 2.45) is 13.0 Å². The van der Waals surface area contributed by atoms with Crippen molar-refractivity contribution in [3.8, 4) is 5.88 Å². The first-order valence-corrected chi connectivity index (χ1v) is 11.9. The third kappa shape index (κ3) is 4.61. The van der Waals surface area contributed by atoms with Gasteiger partial charge in [0.2, 0.25) is 5.88 Å². The van der Waals surface area contributed by atoms with Gasteiger partial charge in [0.25, 0.3) is 0 Å². The van der Waals surface area contributed by atoms with E-state index in [2.05, 4.69) is 78.3 Å². The van der Waals surface area contributed by atoms with Gasteiger partial charge in [-0.1, -0.05) is 42.5 Å². The Kier molecular flexibility index (Phi) is 6.34. The van der Waals surface area contributed by atoms with E-state index in [-0.39, 0.29) is 0 Å². The number of methoxy groups -OCH3 is 1. The molecule has 1 saturated heterocycles. The number of pyridine rings is 1. The summed E-state index contributed by atoms with van der Waals surface area (Å²) in [7, 11) is 3.80. The van der Waals surface area contributed by atoms with Crippen LogP contribution in [-0.4, -0.2) is 41.3 Å². The number of piperidine rings is 1. The molecule has 5 nitrogen and oxygen atoms in total. The van der Waals surface area contributed by atoms with Gasteiger partial charge in [-0.2, -0.15) is 0 Å². The van der Waals surface area contributed by atoms with Crippen molar-refractivity contribution >= 4 is 21.7 Å². The van der Waals surface area contributed by atoms with Gasteiger partial charge >= 0.3 is 0 Å². The molecule has 172 valence electrons. The zero-order valence-electron chi connectivity index (χ0n) is 19.8. The number of rotatable bonds is 7. The molecule has 33 heavy (non-hydrogen) atoms. The van der Waals surface area contributed by atoms with Crippen molar-refractivity contribution in [2.75, 3.05) is 26.8 Å². The van der Waals surface area contributed by atoms with Crippen molar-refractivity contribution < 1.29 is 9.47 Å². The molecule has 1 fully saturated rings. The molecule has 2 aromatic heterocycles. The number of para-hydroxylation sites is 1. The molecular formula is C28H33N3O2. The van der Waals surface area contributed by atoms with Gasteiger partial charge in [-0.15, -0.1) is 0 Å². The van der Waals surface area contributed by atoms with E-state index in [0.29, 0.717) is 18.6 Å². The van der Waals surface area contributed by atoms with E-state index in [1.807, 2.05) is 6.07 Å². The first kappa shape index (κ1) is 21.9. The van der Waals surface area contributed by atoms with E-state index in [1.165, 1.54) is 21.9 Å². The van der Waals surface area contributed by atoms with Crippen LogP contribution in [0, 0.1) is 5.92 Å². The van der Waals surface area contributed by atoms with Gasteiger partial charge in [-0.3, -0.25) is 4.90 Å². The van der Waals surface area contributed by atoms with Crippen LogP contribution in [0.1, 0.15) is 36.9 Å². The summed E-state index contributed by atoms with van der Waals surface area (Å²) >= 11 is 0. The predicted molar refractivity (Wildman–Crippen MR) is 134 cm³/mol. The Hall–Kier alpha value is -2.89. The maximum Gasteiger partial charge on any atom is 0.223 e. The van der Waals surface area contributed by atoms with Crippen LogP contribution < -0.4 is 4.74 Å². The number of aromatic nitrogens is 2. The average molecular weight is 444 g/mol. The third-order valence-corrected chi connectivity index (χ3v) is 7.03. The van der Waals surface area contributed by atoms with Gasteiger partial charge < -0.3 is 14.0 Å². The lowest BCUT2D eigenvalue weighted by Crippen LogP contribution is -2.37. The number of hydrogen-bond acceptors (Lipinski definition) is 4. The molecule has 1 aliphatic rings. The van der Waals surface area contributed by atoms with Gasteiger partial charge in [-0.25, -0.2) is 4.98 Å². The van der Waals surface area contributed by atoms with Gasteiger partial charge in [-0.05, 0) is 56.0 Å². The van der Waals surface area contributed by atoms with Crippen LogP contribution in [0.2, 0.25) is 0 Å². The Balaban J connectivity index is 1.21. The normalized spacial score (nSPS) is 16.5. The second kappa shape index (κ2) is 9.54. The molecule has 0 aliphatic carbocycles. The first-order chi connectivity index (χ1) is 16.1. The highest BCUT2D eigenvalue weighted by atomic mass is 16.5. The predicted octanol–water partition coefficient (Wildman–Crippen LogP) is 5.72. The van der Waals surface area contributed by atoms with Crippen LogP contribution in [0.15, 0.2) is 60.9 Å². The Morgan fingerprint density at radius 3 is 2.45 bits per heavy atom. The standard InChI is InChI=1S/C28H33N3O2/c1-20(23-10-8-21(9-11-23)18-32-3)31-14-12-22(13-15-31)19-33-28-26-17-30(2)16-25(26)24-6-4-5-7-27(24)29-28/h4-11,16-17,20,22H,12-15,18-19H2,1-3H3. The Labute approximate surface area is 195 Å². The molecule has 2 aromatic carbocycles. The minimum atomic E-state index is 0.426. The van der Waals surface area contributed by atoms with Crippen LogP contribution in [0.3, 0.4) is 0 Å². The van der Waals surface area contributed by atoms with Crippen molar-refractivity contribution in [1.82, 2.24) is 14.5 Å². The molecule has 0 amide bonds. The molecule has 0 N–H and O–H groups in total. The summed E-state index contributed by atoms with van der Waals surface area (Å²) < 4.78 is 13.7. The second-order valence-corrected chi connectivity index (χ2v) is 9.33. The van der Waals surface area contributed by atoms with E-state index in [9.17, 15) is 0 Å². The number of nitrogens with zero attached hydrogens (tertiary/aromatic N) is 3. The van der Waals surface area contributed by atoms with Crippen LogP contribution in [-0.2, 0) is 18.4 Å². The topological polar surface area (TPSA) is 39.5 Å². The van der Waals surface area contributed by atoms with Crippen molar-refractivity contribution in [3.05, 3.63) is 72.1 Å². The number of benzene rings is 2. The summed E-state index contributed by atoms with van der Waals surface area (Å²) in [5, 5.41) is 3.48. The minimum absolute atomic E-state index is 0.426. The molecule has 0 bridgehead atoms. The van der Waals surface area contributed by atoms with E-state index < -0.39 is 0 Å². The number of hydrogen-bond donors (Lipinski definition) is 0. The molecule has 5 rings (SSSR count). The Bertz CT molecular complexity index is 1220. The number of ether oxygens (including phenoxy) is 2. The lowest BCUT2D eigenvalue weighted by Gasteiger charge is -2.36. The lowest BCUT2D eigenvalue weighted by molar-refractivity contribution is 0.112. The maximum atomic E-state index is 6.34.